The second-order valence-electron chi connectivity index (χ2n) is 7.40. The second kappa shape index (κ2) is 8.31. The summed E-state index contributed by atoms with van der Waals surface area (Å²) in [5.41, 5.74) is 5.11. The predicted octanol–water partition coefficient (Wildman–Crippen LogP) is 5.11. The third-order valence-electron chi connectivity index (χ3n) is 4.88. The molecule has 29 heavy (non-hydrogen) atoms. The minimum atomic E-state index is 0.207. The molecule has 0 aliphatic rings. The highest BCUT2D eigenvalue weighted by molar-refractivity contribution is 5.77. The first-order valence-corrected chi connectivity index (χ1v) is 9.97. The van der Waals surface area contributed by atoms with E-state index in [-0.39, 0.29) is 6.04 Å². The Morgan fingerprint density at radius 3 is 2.48 bits per heavy atom. The molecular formula is C23H26N6. The van der Waals surface area contributed by atoms with Crippen molar-refractivity contribution in [3.05, 3.63) is 71.9 Å². The van der Waals surface area contributed by atoms with Gasteiger partial charge < -0.3 is 10.6 Å². The number of benzene rings is 2. The van der Waals surface area contributed by atoms with Gasteiger partial charge in [0.25, 0.3) is 0 Å². The van der Waals surface area contributed by atoms with Gasteiger partial charge in [0.05, 0.1) is 6.20 Å². The van der Waals surface area contributed by atoms with Crippen LogP contribution >= 0.6 is 0 Å². The van der Waals surface area contributed by atoms with Crippen molar-refractivity contribution in [2.24, 2.45) is 0 Å². The van der Waals surface area contributed by atoms with Crippen LogP contribution < -0.4 is 10.6 Å². The average molecular weight is 387 g/mol. The molecule has 0 saturated carbocycles. The summed E-state index contributed by atoms with van der Waals surface area (Å²) in [7, 11) is 0. The molecule has 0 fully saturated rings. The molecule has 2 aromatic carbocycles. The molecule has 4 rings (SSSR count). The Labute approximate surface area is 171 Å². The lowest BCUT2D eigenvalue weighted by Gasteiger charge is -2.15. The van der Waals surface area contributed by atoms with E-state index in [1.54, 1.807) is 6.20 Å². The van der Waals surface area contributed by atoms with E-state index in [4.69, 9.17) is 9.97 Å². The molecule has 0 bridgehead atoms. The van der Waals surface area contributed by atoms with Crippen molar-refractivity contribution in [1.82, 2.24) is 19.5 Å². The number of hydrogen-bond donors (Lipinski definition) is 2. The first-order chi connectivity index (χ1) is 14.1. The summed E-state index contributed by atoms with van der Waals surface area (Å²) in [4.78, 5) is 13.9. The Balaban J connectivity index is 1.58. The van der Waals surface area contributed by atoms with Gasteiger partial charge in [0, 0.05) is 18.3 Å². The van der Waals surface area contributed by atoms with Crippen LogP contribution in [0.25, 0.3) is 11.2 Å². The summed E-state index contributed by atoms with van der Waals surface area (Å²) < 4.78 is 2.12. The molecule has 6 heteroatoms. The molecule has 2 aromatic heterocycles. The van der Waals surface area contributed by atoms with E-state index < -0.39 is 0 Å². The van der Waals surface area contributed by atoms with Gasteiger partial charge in [-0.3, -0.25) is 4.57 Å². The Hall–Kier alpha value is -3.41. The molecule has 2 N–H and O–H groups in total. The number of rotatable bonds is 7. The summed E-state index contributed by atoms with van der Waals surface area (Å²) in [5.74, 6) is 1.40. The quantitative estimate of drug-likeness (QED) is 0.462. The zero-order valence-electron chi connectivity index (χ0n) is 17.1. The van der Waals surface area contributed by atoms with E-state index >= 15 is 0 Å². The molecule has 0 unspecified atom stereocenters. The van der Waals surface area contributed by atoms with Crippen molar-refractivity contribution in [2.75, 3.05) is 17.2 Å². The number of nitrogens with one attached hydrogen (secondary N) is 2. The fraction of sp³-hybridized carbons (Fsp3) is 0.261. The van der Waals surface area contributed by atoms with Crippen molar-refractivity contribution in [1.29, 1.82) is 0 Å². The molecule has 4 aromatic rings. The summed E-state index contributed by atoms with van der Waals surface area (Å²) in [5, 5.41) is 6.80. The lowest BCUT2D eigenvalue weighted by Crippen LogP contribution is -2.10. The Kier molecular flexibility index (Phi) is 5.42. The Morgan fingerprint density at radius 1 is 0.966 bits per heavy atom. The van der Waals surface area contributed by atoms with Gasteiger partial charge in [-0.2, -0.15) is 4.98 Å². The minimum Gasteiger partial charge on any atom is -0.354 e. The van der Waals surface area contributed by atoms with Crippen molar-refractivity contribution in [2.45, 2.75) is 33.2 Å². The summed E-state index contributed by atoms with van der Waals surface area (Å²) in [6.07, 6.45) is 2.71. The van der Waals surface area contributed by atoms with Crippen molar-refractivity contribution in [3.63, 3.8) is 0 Å². The molecule has 0 amide bonds. The van der Waals surface area contributed by atoms with Gasteiger partial charge >= 0.3 is 0 Å². The van der Waals surface area contributed by atoms with Crippen LogP contribution in [-0.4, -0.2) is 26.1 Å². The van der Waals surface area contributed by atoms with Crippen LogP contribution in [0.2, 0.25) is 0 Å². The molecule has 0 aliphatic carbocycles. The molecular weight excluding hydrogens is 360 g/mol. The molecule has 2 heterocycles. The number of anilines is 3. The molecule has 0 atom stereocenters. The maximum Gasteiger partial charge on any atom is 0.224 e. The van der Waals surface area contributed by atoms with Crippen LogP contribution in [0.15, 0.2) is 60.8 Å². The number of aromatic nitrogens is 4. The zero-order chi connectivity index (χ0) is 20.2. The molecule has 0 saturated heterocycles. The molecule has 0 radical (unpaired) electrons. The maximum atomic E-state index is 4.75. The number of fused-ring (bicyclic) bond motifs is 1. The third kappa shape index (κ3) is 4.21. The van der Waals surface area contributed by atoms with Crippen LogP contribution in [0.4, 0.5) is 17.6 Å². The van der Waals surface area contributed by atoms with Crippen molar-refractivity contribution in [3.8, 4) is 0 Å². The van der Waals surface area contributed by atoms with Crippen molar-refractivity contribution < 1.29 is 0 Å². The summed E-state index contributed by atoms with van der Waals surface area (Å²) in [6, 6.07) is 18.8. The standard InChI is InChI=1S/C23H26N6/c1-16(2)29-21-20(27-23(29)26-19-12-8-7-9-17(19)3)15-25-22(28-21)24-14-13-18-10-5-4-6-11-18/h4-12,15-16H,13-14H2,1-3H3,(H,26,27)(H,24,25,28). The van der Waals surface area contributed by atoms with Gasteiger partial charge in [0.15, 0.2) is 5.65 Å². The highest BCUT2D eigenvalue weighted by Crippen LogP contribution is 2.27. The topological polar surface area (TPSA) is 67.7 Å². The van der Waals surface area contributed by atoms with Gasteiger partial charge in [0.1, 0.15) is 5.52 Å². The lowest BCUT2D eigenvalue weighted by atomic mass is 10.1. The van der Waals surface area contributed by atoms with Gasteiger partial charge in [-0.05, 0) is 44.4 Å². The molecule has 0 spiro atoms. The van der Waals surface area contributed by atoms with E-state index in [1.165, 1.54) is 11.1 Å². The predicted molar refractivity (Wildman–Crippen MR) is 119 cm³/mol. The third-order valence-corrected chi connectivity index (χ3v) is 4.88. The van der Waals surface area contributed by atoms with Gasteiger partial charge in [-0.25, -0.2) is 9.97 Å². The molecule has 148 valence electrons. The minimum absolute atomic E-state index is 0.207. The van der Waals surface area contributed by atoms with Crippen LogP contribution in [0.1, 0.15) is 31.0 Å². The monoisotopic (exact) mass is 386 g/mol. The van der Waals surface area contributed by atoms with Crippen LogP contribution in [0.5, 0.6) is 0 Å². The SMILES string of the molecule is Cc1ccccc1Nc1nc2cnc(NCCc3ccccc3)nc2n1C(C)C. The summed E-state index contributed by atoms with van der Waals surface area (Å²) >= 11 is 0. The first-order valence-electron chi connectivity index (χ1n) is 9.97. The highest BCUT2D eigenvalue weighted by Gasteiger charge is 2.16. The van der Waals surface area contributed by atoms with Gasteiger partial charge in [-0.15, -0.1) is 0 Å². The highest BCUT2D eigenvalue weighted by atomic mass is 15.3. The zero-order valence-corrected chi connectivity index (χ0v) is 17.1. The lowest BCUT2D eigenvalue weighted by molar-refractivity contribution is 0.621. The number of hydrogen-bond acceptors (Lipinski definition) is 5. The van der Waals surface area contributed by atoms with E-state index in [2.05, 4.69) is 77.4 Å². The Bertz CT molecular complexity index is 1100. The smallest absolute Gasteiger partial charge is 0.224 e. The van der Waals surface area contributed by atoms with E-state index in [0.717, 1.165) is 35.8 Å². The number of para-hydroxylation sites is 1. The first kappa shape index (κ1) is 18.9. The van der Waals surface area contributed by atoms with Gasteiger partial charge in [-0.1, -0.05) is 48.5 Å². The van der Waals surface area contributed by atoms with Crippen molar-refractivity contribution >= 4 is 28.7 Å². The van der Waals surface area contributed by atoms with E-state index in [9.17, 15) is 0 Å². The van der Waals surface area contributed by atoms with Crippen LogP contribution in [0.3, 0.4) is 0 Å². The average Bonchev–Trinajstić information content (AvgIpc) is 3.08. The molecule has 0 aliphatic heterocycles. The van der Waals surface area contributed by atoms with Gasteiger partial charge in [0.2, 0.25) is 11.9 Å². The normalized spacial score (nSPS) is 11.2. The number of nitrogens with zero attached hydrogens (tertiary/aromatic N) is 4. The Morgan fingerprint density at radius 2 is 1.72 bits per heavy atom. The number of imidazole rings is 1. The van der Waals surface area contributed by atoms with Crippen LogP contribution in [0, 0.1) is 6.92 Å². The van der Waals surface area contributed by atoms with E-state index in [1.807, 2.05) is 18.2 Å². The van der Waals surface area contributed by atoms with Crippen LogP contribution in [-0.2, 0) is 6.42 Å². The summed E-state index contributed by atoms with van der Waals surface area (Å²) in [6.45, 7) is 7.13. The fourth-order valence-electron chi connectivity index (χ4n) is 3.35. The maximum absolute atomic E-state index is 4.75. The van der Waals surface area contributed by atoms with E-state index in [0.29, 0.717) is 5.95 Å². The number of aryl methyl sites for hydroxylation is 1. The largest absolute Gasteiger partial charge is 0.354 e. The fourth-order valence-corrected chi connectivity index (χ4v) is 3.35. The molecule has 6 nitrogen and oxygen atoms in total. The second-order valence-corrected chi connectivity index (χ2v) is 7.40.